The van der Waals surface area contributed by atoms with Crippen molar-refractivity contribution in [2.75, 3.05) is 0 Å². The molecule has 0 atom stereocenters. The molecule has 4 aromatic heterocycles. The second-order valence-electron chi connectivity index (χ2n) is 5.41. The van der Waals surface area contributed by atoms with Gasteiger partial charge < -0.3 is 4.42 Å². The highest BCUT2D eigenvalue weighted by Gasteiger charge is 2.15. The van der Waals surface area contributed by atoms with Crippen LogP contribution in [0.15, 0.2) is 55.4 Å². The van der Waals surface area contributed by atoms with Gasteiger partial charge in [-0.05, 0) is 51.0 Å². The average Bonchev–Trinajstić information content (AvgIpc) is 3.34. The Bertz CT molecular complexity index is 879. The molecule has 0 spiro atoms. The van der Waals surface area contributed by atoms with E-state index in [9.17, 15) is 0 Å². The van der Waals surface area contributed by atoms with Crippen LogP contribution in [0.5, 0.6) is 0 Å². The molecule has 0 aliphatic carbocycles. The molecule has 0 bridgehead atoms. The van der Waals surface area contributed by atoms with Gasteiger partial charge >= 0.3 is 0 Å². The standard InChI is InChI=1S/C17H14BrN3OS3/c18-15-6-5-14(25-15)17-20-19-16(22-17)11-21(9-12-3-1-7-23-12)10-13-4-2-8-24-13/h1-8H,9-11H2. The number of hydrogen-bond acceptors (Lipinski definition) is 7. The number of rotatable bonds is 7. The molecule has 4 heterocycles. The smallest absolute Gasteiger partial charge is 0.257 e. The van der Waals surface area contributed by atoms with Gasteiger partial charge in [0.2, 0.25) is 5.89 Å². The SMILES string of the molecule is Brc1ccc(-c2nnc(CN(Cc3cccs3)Cc3cccs3)o2)s1. The lowest BCUT2D eigenvalue weighted by Crippen LogP contribution is -2.21. The Balaban J connectivity index is 1.50. The summed E-state index contributed by atoms with van der Waals surface area (Å²) in [6, 6.07) is 12.5. The molecule has 4 rings (SSSR count). The summed E-state index contributed by atoms with van der Waals surface area (Å²) >= 11 is 8.60. The lowest BCUT2D eigenvalue weighted by atomic mass is 10.3. The van der Waals surface area contributed by atoms with Gasteiger partial charge in [-0.15, -0.1) is 44.2 Å². The third kappa shape index (κ3) is 4.45. The van der Waals surface area contributed by atoms with E-state index < -0.39 is 0 Å². The molecular weight excluding hydrogens is 438 g/mol. The molecule has 0 fully saturated rings. The lowest BCUT2D eigenvalue weighted by Gasteiger charge is -2.18. The maximum atomic E-state index is 5.88. The fourth-order valence-electron chi connectivity index (χ4n) is 2.45. The molecule has 0 N–H and O–H groups in total. The predicted octanol–water partition coefficient (Wildman–Crippen LogP) is 5.89. The highest BCUT2D eigenvalue weighted by molar-refractivity contribution is 9.11. The molecule has 0 unspecified atom stereocenters. The molecule has 0 aliphatic rings. The zero-order valence-corrected chi connectivity index (χ0v) is 17.1. The highest BCUT2D eigenvalue weighted by Crippen LogP contribution is 2.30. The van der Waals surface area contributed by atoms with Crippen molar-refractivity contribution >= 4 is 49.9 Å². The van der Waals surface area contributed by atoms with Gasteiger partial charge in [0.1, 0.15) is 0 Å². The Morgan fingerprint density at radius 2 is 1.64 bits per heavy atom. The van der Waals surface area contributed by atoms with E-state index in [-0.39, 0.29) is 0 Å². The fourth-order valence-corrected chi connectivity index (χ4v) is 5.25. The van der Waals surface area contributed by atoms with Crippen LogP contribution in [0.3, 0.4) is 0 Å². The van der Waals surface area contributed by atoms with Gasteiger partial charge in [-0.3, -0.25) is 4.90 Å². The van der Waals surface area contributed by atoms with Crippen molar-refractivity contribution in [1.29, 1.82) is 0 Å². The summed E-state index contributed by atoms with van der Waals surface area (Å²) in [4.78, 5) is 5.98. The van der Waals surface area contributed by atoms with E-state index in [1.165, 1.54) is 9.75 Å². The van der Waals surface area contributed by atoms with Crippen LogP contribution in [0.25, 0.3) is 10.8 Å². The van der Waals surface area contributed by atoms with Crippen LogP contribution in [-0.2, 0) is 19.6 Å². The summed E-state index contributed by atoms with van der Waals surface area (Å²) in [6.07, 6.45) is 0. The van der Waals surface area contributed by atoms with Crippen molar-refractivity contribution in [3.63, 3.8) is 0 Å². The van der Waals surface area contributed by atoms with Gasteiger partial charge in [-0.25, -0.2) is 0 Å². The van der Waals surface area contributed by atoms with Crippen LogP contribution in [-0.4, -0.2) is 15.1 Å². The molecule has 0 amide bonds. The monoisotopic (exact) mass is 451 g/mol. The predicted molar refractivity (Wildman–Crippen MR) is 107 cm³/mol. The van der Waals surface area contributed by atoms with Crippen LogP contribution in [0.1, 0.15) is 15.6 Å². The van der Waals surface area contributed by atoms with E-state index in [2.05, 4.69) is 66.1 Å². The molecule has 4 aromatic rings. The second kappa shape index (κ2) is 7.92. The zero-order valence-electron chi connectivity index (χ0n) is 13.1. The van der Waals surface area contributed by atoms with E-state index in [4.69, 9.17) is 4.42 Å². The van der Waals surface area contributed by atoms with Crippen molar-refractivity contribution in [2.24, 2.45) is 0 Å². The summed E-state index contributed by atoms with van der Waals surface area (Å²) in [5.41, 5.74) is 0. The topological polar surface area (TPSA) is 42.2 Å². The summed E-state index contributed by atoms with van der Waals surface area (Å²) in [5.74, 6) is 1.23. The Hall–Kier alpha value is -1.32. The van der Waals surface area contributed by atoms with E-state index >= 15 is 0 Å². The molecule has 0 saturated heterocycles. The Morgan fingerprint density at radius 3 is 2.20 bits per heavy atom. The Kier molecular flexibility index (Phi) is 5.42. The molecule has 0 saturated carbocycles. The maximum absolute atomic E-state index is 5.88. The molecular formula is C17H14BrN3OS3. The molecule has 0 radical (unpaired) electrons. The van der Waals surface area contributed by atoms with Crippen LogP contribution < -0.4 is 0 Å². The largest absolute Gasteiger partial charge is 0.419 e. The lowest BCUT2D eigenvalue weighted by molar-refractivity contribution is 0.227. The van der Waals surface area contributed by atoms with E-state index in [1.54, 1.807) is 34.0 Å². The fraction of sp³-hybridized carbons (Fsp3) is 0.176. The van der Waals surface area contributed by atoms with Gasteiger partial charge in [0, 0.05) is 22.8 Å². The molecule has 4 nitrogen and oxygen atoms in total. The Morgan fingerprint density at radius 1 is 0.920 bits per heavy atom. The minimum Gasteiger partial charge on any atom is -0.419 e. The van der Waals surface area contributed by atoms with Crippen LogP contribution in [0.4, 0.5) is 0 Å². The molecule has 128 valence electrons. The van der Waals surface area contributed by atoms with Crippen LogP contribution in [0.2, 0.25) is 0 Å². The first-order valence-corrected chi connectivity index (χ1v) is 11.0. The van der Waals surface area contributed by atoms with Crippen LogP contribution in [0, 0.1) is 0 Å². The maximum Gasteiger partial charge on any atom is 0.257 e. The third-order valence-electron chi connectivity index (χ3n) is 3.53. The normalized spacial score (nSPS) is 11.4. The number of nitrogens with zero attached hydrogens (tertiary/aromatic N) is 3. The van der Waals surface area contributed by atoms with Gasteiger partial charge in [0.15, 0.2) is 0 Å². The third-order valence-corrected chi connectivity index (χ3v) is 6.86. The van der Waals surface area contributed by atoms with Gasteiger partial charge in [0.25, 0.3) is 5.89 Å². The first kappa shape index (κ1) is 17.1. The first-order valence-electron chi connectivity index (χ1n) is 7.61. The molecule has 0 aromatic carbocycles. The summed E-state index contributed by atoms with van der Waals surface area (Å²) in [7, 11) is 0. The molecule has 8 heteroatoms. The number of aromatic nitrogens is 2. The van der Waals surface area contributed by atoms with Crippen molar-refractivity contribution in [3.05, 3.63) is 66.6 Å². The quantitative estimate of drug-likeness (QED) is 0.351. The van der Waals surface area contributed by atoms with Crippen molar-refractivity contribution in [3.8, 4) is 10.8 Å². The van der Waals surface area contributed by atoms with Crippen molar-refractivity contribution in [1.82, 2.24) is 15.1 Å². The van der Waals surface area contributed by atoms with Crippen LogP contribution >= 0.6 is 49.9 Å². The van der Waals surface area contributed by atoms with Crippen molar-refractivity contribution < 1.29 is 4.42 Å². The average molecular weight is 452 g/mol. The van der Waals surface area contributed by atoms with E-state index in [0.717, 1.165) is 21.8 Å². The highest BCUT2D eigenvalue weighted by atomic mass is 79.9. The molecule has 25 heavy (non-hydrogen) atoms. The zero-order chi connectivity index (χ0) is 17.1. The summed E-state index contributed by atoms with van der Waals surface area (Å²) < 4.78 is 6.94. The van der Waals surface area contributed by atoms with Gasteiger partial charge in [-0.1, -0.05) is 12.1 Å². The Labute approximate surface area is 165 Å². The minimum atomic E-state index is 0.581. The van der Waals surface area contributed by atoms with Gasteiger partial charge in [-0.2, -0.15) is 0 Å². The minimum absolute atomic E-state index is 0.581. The second-order valence-corrected chi connectivity index (χ2v) is 9.94. The van der Waals surface area contributed by atoms with Crippen molar-refractivity contribution in [2.45, 2.75) is 19.6 Å². The number of thiophene rings is 3. The number of halogens is 1. The summed E-state index contributed by atoms with van der Waals surface area (Å²) in [6.45, 7) is 2.38. The number of hydrogen-bond donors (Lipinski definition) is 0. The molecule has 0 aliphatic heterocycles. The van der Waals surface area contributed by atoms with E-state index in [1.807, 2.05) is 12.1 Å². The van der Waals surface area contributed by atoms with E-state index in [0.29, 0.717) is 18.3 Å². The van der Waals surface area contributed by atoms with Gasteiger partial charge in [0.05, 0.1) is 15.2 Å². The summed E-state index contributed by atoms with van der Waals surface area (Å²) in [5, 5.41) is 12.7. The first-order chi connectivity index (χ1) is 12.3.